The first-order valence-electron chi connectivity index (χ1n) is 12.0. The van der Waals surface area contributed by atoms with Gasteiger partial charge in [-0.15, -0.1) is 0 Å². The summed E-state index contributed by atoms with van der Waals surface area (Å²) < 4.78 is 50.2. The minimum atomic E-state index is -3.51. The average molecular weight is 519 g/mol. The number of nitrogens with one attached hydrogen (secondary N) is 1. The molecule has 36 heavy (non-hydrogen) atoms. The molecule has 11 nitrogen and oxygen atoms in total. The molecule has 0 unspecified atom stereocenters. The van der Waals surface area contributed by atoms with Crippen LogP contribution in [0.4, 0.5) is 5.95 Å². The van der Waals surface area contributed by atoms with Crippen LogP contribution in [0.1, 0.15) is 25.3 Å². The zero-order valence-electron chi connectivity index (χ0n) is 20.2. The van der Waals surface area contributed by atoms with Gasteiger partial charge in [-0.05, 0) is 31.9 Å². The molecule has 2 aromatic rings. The highest BCUT2D eigenvalue weighted by atomic mass is 32.2. The number of benzene rings is 1. The third-order valence-corrected chi connectivity index (χ3v) is 8.54. The highest BCUT2D eigenvalue weighted by Crippen LogP contribution is 2.31. The first-order valence-corrected chi connectivity index (χ1v) is 13.5. The molecule has 4 atom stereocenters. The van der Waals surface area contributed by atoms with E-state index in [0.29, 0.717) is 49.3 Å². The number of hydrogen-bond donors (Lipinski definition) is 1. The van der Waals surface area contributed by atoms with Crippen molar-refractivity contribution in [2.75, 3.05) is 31.6 Å². The van der Waals surface area contributed by atoms with E-state index < -0.39 is 16.1 Å². The molecule has 5 rings (SSSR count). The van der Waals surface area contributed by atoms with Gasteiger partial charge in [0.15, 0.2) is 12.2 Å². The summed E-state index contributed by atoms with van der Waals surface area (Å²) in [7, 11) is -3.51. The second kappa shape index (κ2) is 10.3. The van der Waals surface area contributed by atoms with Crippen LogP contribution in [0.15, 0.2) is 41.4 Å². The van der Waals surface area contributed by atoms with E-state index in [1.165, 1.54) is 11.2 Å². The van der Waals surface area contributed by atoms with Gasteiger partial charge in [-0.2, -0.15) is 9.29 Å². The van der Waals surface area contributed by atoms with Crippen LogP contribution in [0.2, 0.25) is 0 Å². The summed E-state index contributed by atoms with van der Waals surface area (Å²) in [5, 5.41) is 3.30. The van der Waals surface area contributed by atoms with Gasteiger partial charge >= 0.3 is 5.97 Å². The summed E-state index contributed by atoms with van der Waals surface area (Å²) in [5.41, 5.74) is 1.02. The van der Waals surface area contributed by atoms with Crippen LogP contribution >= 0.6 is 0 Å². The molecule has 1 N–H and O–H groups in total. The number of aryl methyl sites for hydroxylation is 1. The summed E-state index contributed by atoms with van der Waals surface area (Å²) in [6.07, 6.45) is 1.33. The van der Waals surface area contributed by atoms with Crippen molar-refractivity contribution >= 4 is 21.9 Å². The fourth-order valence-electron chi connectivity index (χ4n) is 4.76. The lowest BCUT2D eigenvalue weighted by molar-refractivity contribution is -0.150. The van der Waals surface area contributed by atoms with E-state index in [0.717, 1.165) is 5.56 Å². The quantitative estimate of drug-likeness (QED) is 0.539. The number of rotatable bonds is 7. The molecule has 0 spiro atoms. The van der Waals surface area contributed by atoms with Gasteiger partial charge in [-0.1, -0.05) is 17.7 Å². The predicted octanol–water partition coefficient (Wildman–Crippen LogP) is 1.53. The summed E-state index contributed by atoms with van der Waals surface area (Å²) in [6, 6.07) is 8.61. The molecule has 4 heterocycles. The maximum atomic E-state index is 12.9. The first-order chi connectivity index (χ1) is 17.3. The second-order valence-electron chi connectivity index (χ2n) is 9.25. The Hall–Kier alpha value is -2.80. The molecule has 0 aliphatic carbocycles. The van der Waals surface area contributed by atoms with E-state index in [1.807, 2.05) is 19.1 Å². The number of hydrogen-bond acceptors (Lipinski definition) is 10. The van der Waals surface area contributed by atoms with E-state index in [4.69, 9.17) is 18.9 Å². The number of esters is 1. The van der Waals surface area contributed by atoms with Gasteiger partial charge in [0.05, 0.1) is 18.1 Å². The maximum absolute atomic E-state index is 12.9. The molecular formula is C24H30N4O7S. The van der Waals surface area contributed by atoms with Crippen LogP contribution in [0, 0.1) is 6.92 Å². The van der Waals surface area contributed by atoms with Crippen molar-refractivity contribution in [2.24, 2.45) is 0 Å². The molecule has 3 saturated heterocycles. The molecule has 1 aromatic carbocycles. The standard InChI is InChI=1S/C24H30N4O7S/c1-15-3-5-18(6-4-15)36(30,31)28-11-8-17(9-12-28)26-24-25-10-7-21(27-24)35-20-14-33-22-19(34-16(2)29)13-32-23(20)22/h3-7,10,17,19-20,22-23H,8-9,11-14H2,1-2H3,(H,25,26,27)/t19-,20-,22+,23+/m0/s1. The number of anilines is 1. The van der Waals surface area contributed by atoms with Crippen molar-refractivity contribution in [2.45, 2.75) is 62.0 Å². The topological polar surface area (TPSA) is 129 Å². The molecule has 0 amide bonds. The lowest BCUT2D eigenvalue weighted by atomic mass is 10.1. The fourth-order valence-corrected chi connectivity index (χ4v) is 6.23. The van der Waals surface area contributed by atoms with Crippen LogP contribution in [-0.2, 0) is 29.0 Å². The number of carbonyl (C=O) groups is 1. The zero-order chi connectivity index (χ0) is 25.3. The lowest BCUT2D eigenvalue weighted by Crippen LogP contribution is -2.42. The maximum Gasteiger partial charge on any atom is 0.303 e. The molecule has 3 aliphatic rings. The molecule has 0 saturated carbocycles. The number of nitrogens with zero attached hydrogens (tertiary/aromatic N) is 3. The summed E-state index contributed by atoms with van der Waals surface area (Å²) >= 11 is 0. The number of fused-ring (bicyclic) bond motifs is 1. The van der Waals surface area contributed by atoms with Crippen LogP contribution in [0.3, 0.4) is 0 Å². The molecule has 3 fully saturated rings. The van der Waals surface area contributed by atoms with Crippen molar-refractivity contribution < 1.29 is 32.2 Å². The van der Waals surface area contributed by atoms with Gasteiger partial charge in [0.25, 0.3) is 0 Å². The number of aromatic nitrogens is 2. The van der Waals surface area contributed by atoms with Gasteiger partial charge < -0.3 is 24.3 Å². The summed E-state index contributed by atoms with van der Waals surface area (Å²) in [4.78, 5) is 20.4. The van der Waals surface area contributed by atoms with Gasteiger partial charge in [-0.25, -0.2) is 13.4 Å². The highest BCUT2D eigenvalue weighted by Gasteiger charge is 2.50. The van der Waals surface area contributed by atoms with Crippen molar-refractivity contribution in [3.05, 3.63) is 42.1 Å². The Morgan fingerprint density at radius 2 is 1.72 bits per heavy atom. The number of piperidine rings is 1. The average Bonchev–Trinajstić information content (AvgIpc) is 3.43. The Morgan fingerprint density at radius 3 is 2.42 bits per heavy atom. The lowest BCUT2D eigenvalue weighted by Gasteiger charge is -2.31. The Labute approximate surface area is 210 Å². The van der Waals surface area contributed by atoms with E-state index in [-0.39, 0.29) is 36.9 Å². The van der Waals surface area contributed by atoms with E-state index in [9.17, 15) is 13.2 Å². The van der Waals surface area contributed by atoms with Crippen molar-refractivity contribution in [3.8, 4) is 5.88 Å². The van der Waals surface area contributed by atoms with Crippen LogP contribution in [0.25, 0.3) is 0 Å². The monoisotopic (exact) mass is 518 g/mol. The van der Waals surface area contributed by atoms with E-state index in [1.54, 1.807) is 24.4 Å². The van der Waals surface area contributed by atoms with E-state index >= 15 is 0 Å². The number of ether oxygens (including phenoxy) is 4. The van der Waals surface area contributed by atoms with Gasteiger partial charge in [-0.3, -0.25) is 4.79 Å². The third kappa shape index (κ3) is 5.31. The third-order valence-electron chi connectivity index (χ3n) is 6.63. The summed E-state index contributed by atoms with van der Waals surface area (Å²) in [6.45, 7) is 4.67. The summed E-state index contributed by atoms with van der Waals surface area (Å²) in [5.74, 6) is 0.413. The van der Waals surface area contributed by atoms with Crippen LogP contribution < -0.4 is 10.1 Å². The fraction of sp³-hybridized carbons (Fsp3) is 0.542. The van der Waals surface area contributed by atoms with E-state index in [2.05, 4.69) is 15.3 Å². The normalized spacial score (nSPS) is 26.9. The smallest absolute Gasteiger partial charge is 0.303 e. The van der Waals surface area contributed by atoms with Crippen LogP contribution in [0.5, 0.6) is 5.88 Å². The predicted molar refractivity (Wildman–Crippen MR) is 128 cm³/mol. The Balaban J connectivity index is 1.15. The highest BCUT2D eigenvalue weighted by molar-refractivity contribution is 7.89. The van der Waals surface area contributed by atoms with Crippen molar-refractivity contribution in [3.63, 3.8) is 0 Å². The molecule has 1 aromatic heterocycles. The Kier molecular flexibility index (Phi) is 7.11. The SMILES string of the molecule is CC(=O)O[C@H]1CO[C@H]2[C@@H]1OC[C@@H]2Oc1ccnc(NC2CCN(S(=O)(=O)c3ccc(C)cc3)CC2)n1. The Bertz CT molecular complexity index is 1190. The largest absolute Gasteiger partial charge is 0.469 e. The molecule has 0 bridgehead atoms. The first kappa shape index (κ1) is 24.9. The number of carbonyl (C=O) groups excluding carboxylic acids is 1. The minimum absolute atomic E-state index is 0.0339. The number of sulfonamides is 1. The van der Waals surface area contributed by atoms with Gasteiger partial charge in [0.2, 0.25) is 21.9 Å². The Morgan fingerprint density at radius 1 is 1.06 bits per heavy atom. The van der Waals surface area contributed by atoms with Crippen LogP contribution in [-0.4, -0.2) is 85.4 Å². The van der Waals surface area contributed by atoms with Gasteiger partial charge in [0, 0.05) is 38.3 Å². The van der Waals surface area contributed by atoms with Crippen molar-refractivity contribution in [1.82, 2.24) is 14.3 Å². The molecule has 194 valence electrons. The molecular weight excluding hydrogens is 488 g/mol. The zero-order valence-corrected chi connectivity index (χ0v) is 21.0. The van der Waals surface area contributed by atoms with Gasteiger partial charge in [0.1, 0.15) is 12.2 Å². The second-order valence-corrected chi connectivity index (χ2v) is 11.2. The molecule has 12 heteroatoms. The molecule has 3 aliphatic heterocycles. The minimum Gasteiger partial charge on any atom is -0.469 e. The molecule has 0 radical (unpaired) electrons. The van der Waals surface area contributed by atoms with Crippen molar-refractivity contribution in [1.29, 1.82) is 0 Å².